The van der Waals surface area contributed by atoms with Gasteiger partial charge in [0.2, 0.25) is 0 Å². The van der Waals surface area contributed by atoms with Crippen LogP contribution in [0.25, 0.3) is 0 Å². The van der Waals surface area contributed by atoms with E-state index in [-0.39, 0.29) is 16.9 Å². The third-order valence-corrected chi connectivity index (χ3v) is 4.42. The van der Waals surface area contributed by atoms with E-state index < -0.39 is 11.5 Å². The highest BCUT2D eigenvalue weighted by atomic mass is 16.6. The summed E-state index contributed by atoms with van der Waals surface area (Å²) in [5.74, 6) is 0. The number of aliphatic hydroxyl groups is 1. The van der Waals surface area contributed by atoms with Gasteiger partial charge in [0.15, 0.2) is 0 Å². The topological polar surface area (TPSA) is 92.6 Å². The van der Waals surface area contributed by atoms with E-state index in [0.29, 0.717) is 0 Å². The first-order chi connectivity index (χ1) is 11.0. The number of aryl methyl sites for hydroxylation is 1. The van der Waals surface area contributed by atoms with Gasteiger partial charge in [0.05, 0.1) is 17.1 Å². The average Bonchev–Trinajstić information content (AvgIpc) is 2.53. The molecule has 0 aromatic heterocycles. The number of hydrogen-bond acceptors (Lipinski definition) is 5. The van der Waals surface area contributed by atoms with Crippen LogP contribution in [0.4, 0.5) is 17.1 Å². The molecule has 2 aromatic rings. The minimum atomic E-state index is -0.542. The summed E-state index contributed by atoms with van der Waals surface area (Å²) in [5.41, 5.74) is 10.7. The zero-order valence-electron chi connectivity index (χ0n) is 13.0. The maximum atomic E-state index is 11.1. The first kappa shape index (κ1) is 15.3. The molecule has 6 heteroatoms. The first-order valence-corrected chi connectivity index (χ1v) is 7.51. The molecule has 0 bridgehead atoms. The number of nitro groups is 1. The molecule has 3 N–H and O–H groups in total. The number of aliphatic hydroxyl groups excluding tert-OH is 1. The second-order valence-electron chi connectivity index (χ2n) is 5.84. The van der Waals surface area contributed by atoms with Gasteiger partial charge in [-0.15, -0.1) is 0 Å². The van der Waals surface area contributed by atoms with E-state index in [2.05, 4.69) is 24.0 Å². The van der Waals surface area contributed by atoms with Crippen LogP contribution in [0.2, 0.25) is 0 Å². The van der Waals surface area contributed by atoms with Gasteiger partial charge < -0.3 is 15.7 Å². The van der Waals surface area contributed by atoms with Crippen LogP contribution in [0.1, 0.15) is 22.3 Å². The lowest BCUT2D eigenvalue weighted by Crippen LogP contribution is -2.31. The molecule has 120 valence electrons. The van der Waals surface area contributed by atoms with Crippen molar-refractivity contribution in [3.63, 3.8) is 0 Å². The third kappa shape index (κ3) is 2.73. The van der Waals surface area contributed by atoms with Crippen LogP contribution in [-0.4, -0.2) is 16.6 Å². The molecule has 0 spiro atoms. The normalized spacial score (nSPS) is 13.7. The van der Waals surface area contributed by atoms with Gasteiger partial charge >= 0.3 is 0 Å². The van der Waals surface area contributed by atoms with Crippen LogP contribution < -0.4 is 10.6 Å². The van der Waals surface area contributed by atoms with Gasteiger partial charge in [0.25, 0.3) is 5.69 Å². The largest absolute Gasteiger partial charge is 0.393 e. The molecule has 0 radical (unpaired) electrons. The summed E-state index contributed by atoms with van der Waals surface area (Å²) in [6.45, 7) is 3.26. The number of fused-ring (bicyclic) bond motifs is 1. The molecule has 1 aliphatic rings. The Kier molecular flexibility index (Phi) is 3.92. The maximum Gasteiger partial charge on any atom is 0.297 e. The number of rotatable bonds is 3. The predicted octanol–water partition coefficient (Wildman–Crippen LogP) is 2.54. The summed E-state index contributed by atoms with van der Waals surface area (Å²) in [5, 5.41) is 20.5. The maximum absolute atomic E-state index is 11.1. The van der Waals surface area contributed by atoms with Gasteiger partial charge in [-0.2, -0.15) is 0 Å². The monoisotopic (exact) mass is 313 g/mol. The SMILES string of the molecule is Cc1cccc2c1CCN(c1cc(N)c([N+](=O)[O-])c(CO)c1)C2. The lowest BCUT2D eigenvalue weighted by molar-refractivity contribution is -0.384. The van der Waals surface area contributed by atoms with Crippen LogP contribution in [0.15, 0.2) is 30.3 Å². The van der Waals surface area contributed by atoms with E-state index >= 15 is 0 Å². The number of nitrogen functional groups attached to an aromatic ring is 1. The third-order valence-electron chi connectivity index (χ3n) is 4.42. The average molecular weight is 313 g/mol. The number of nitrogens with zero attached hydrogens (tertiary/aromatic N) is 2. The Bertz CT molecular complexity index is 774. The van der Waals surface area contributed by atoms with Crippen LogP contribution in [-0.2, 0) is 19.6 Å². The van der Waals surface area contributed by atoms with Gasteiger partial charge in [-0.1, -0.05) is 18.2 Å². The molecule has 23 heavy (non-hydrogen) atoms. The smallest absolute Gasteiger partial charge is 0.297 e. The second kappa shape index (κ2) is 5.89. The molecule has 6 nitrogen and oxygen atoms in total. The zero-order valence-corrected chi connectivity index (χ0v) is 13.0. The van der Waals surface area contributed by atoms with E-state index in [4.69, 9.17) is 5.73 Å². The van der Waals surface area contributed by atoms with Crippen LogP contribution in [0.5, 0.6) is 0 Å². The fourth-order valence-electron chi connectivity index (χ4n) is 3.25. The van der Waals surface area contributed by atoms with Gasteiger partial charge in [-0.25, -0.2) is 0 Å². The Morgan fingerprint density at radius 2 is 2.17 bits per heavy atom. The van der Waals surface area contributed by atoms with E-state index in [1.165, 1.54) is 16.7 Å². The molecular weight excluding hydrogens is 294 g/mol. The van der Waals surface area contributed by atoms with Crippen molar-refractivity contribution in [3.8, 4) is 0 Å². The Morgan fingerprint density at radius 1 is 1.39 bits per heavy atom. The van der Waals surface area contributed by atoms with Crippen molar-refractivity contribution in [2.24, 2.45) is 0 Å². The van der Waals surface area contributed by atoms with Crippen molar-refractivity contribution < 1.29 is 10.0 Å². The Labute approximate surface area is 134 Å². The highest BCUT2D eigenvalue weighted by Crippen LogP contribution is 2.34. The molecule has 0 aliphatic carbocycles. The fraction of sp³-hybridized carbons (Fsp3) is 0.294. The van der Waals surface area contributed by atoms with Crippen molar-refractivity contribution in [1.82, 2.24) is 0 Å². The molecule has 0 fully saturated rings. The number of benzene rings is 2. The van der Waals surface area contributed by atoms with Crippen LogP contribution in [0.3, 0.4) is 0 Å². The highest BCUT2D eigenvalue weighted by Gasteiger charge is 2.23. The molecule has 0 unspecified atom stereocenters. The Morgan fingerprint density at radius 3 is 2.87 bits per heavy atom. The van der Waals surface area contributed by atoms with E-state index in [1.807, 2.05) is 6.07 Å². The van der Waals surface area contributed by atoms with E-state index in [0.717, 1.165) is 25.2 Å². The molecule has 1 heterocycles. The minimum Gasteiger partial charge on any atom is -0.393 e. The molecule has 0 amide bonds. The van der Waals surface area contributed by atoms with E-state index in [1.54, 1.807) is 12.1 Å². The van der Waals surface area contributed by atoms with Crippen LogP contribution in [0, 0.1) is 17.0 Å². The first-order valence-electron chi connectivity index (χ1n) is 7.51. The zero-order chi connectivity index (χ0) is 16.6. The number of hydrogen-bond donors (Lipinski definition) is 2. The second-order valence-corrected chi connectivity index (χ2v) is 5.84. The van der Waals surface area contributed by atoms with Gasteiger partial charge in [-0.05, 0) is 42.2 Å². The van der Waals surface area contributed by atoms with E-state index in [9.17, 15) is 15.2 Å². The molecule has 0 atom stereocenters. The number of nitro benzene ring substituents is 1. The molecule has 3 rings (SSSR count). The van der Waals surface area contributed by atoms with Crippen molar-refractivity contribution >= 4 is 17.1 Å². The summed E-state index contributed by atoms with van der Waals surface area (Å²) in [7, 11) is 0. The quantitative estimate of drug-likeness (QED) is 0.516. The predicted molar refractivity (Wildman–Crippen MR) is 89.4 cm³/mol. The molecule has 1 aliphatic heterocycles. The standard InChI is InChI=1S/C17H19N3O3/c1-11-3-2-4-12-9-19(6-5-15(11)12)14-7-13(10-21)17(20(22)23)16(18)8-14/h2-4,7-8,21H,5-6,9-10,18H2,1H3. The molecule has 2 aromatic carbocycles. The van der Waals surface area contributed by atoms with Gasteiger partial charge in [-0.3, -0.25) is 10.1 Å². The van der Waals surface area contributed by atoms with Crippen molar-refractivity contribution in [1.29, 1.82) is 0 Å². The van der Waals surface area contributed by atoms with Gasteiger partial charge in [0, 0.05) is 18.8 Å². The molecule has 0 saturated heterocycles. The Hall–Kier alpha value is -2.60. The van der Waals surface area contributed by atoms with Crippen LogP contribution >= 0.6 is 0 Å². The molecular formula is C17H19N3O3. The summed E-state index contributed by atoms with van der Waals surface area (Å²) in [4.78, 5) is 12.7. The van der Waals surface area contributed by atoms with Crippen molar-refractivity contribution in [2.45, 2.75) is 26.5 Å². The summed E-state index contributed by atoms with van der Waals surface area (Å²) in [6, 6.07) is 9.55. The lowest BCUT2D eigenvalue weighted by Gasteiger charge is -2.32. The fourth-order valence-corrected chi connectivity index (χ4v) is 3.25. The highest BCUT2D eigenvalue weighted by molar-refractivity contribution is 5.71. The summed E-state index contributed by atoms with van der Waals surface area (Å²) in [6.07, 6.45) is 0.924. The number of nitrogens with two attached hydrogens (primary N) is 1. The summed E-state index contributed by atoms with van der Waals surface area (Å²) >= 11 is 0. The van der Waals surface area contributed by atoms with Crippen molar-refractivity contribution in [2.75, 3.05) is 17.2 Å². The van der Waals surface area contributed by atoms with Gasteiger partial charge in [0.1, 0.15) is 5.69 Å². The Balaban J connectivity index is 1.97. The van der Waals surface area contributed by atoms with Crippen molar-refractivity contribution in [3.05, 3.63) is 62.7 Å². The lowest BCUT2D eigenvalue weighted by atomic mass is 9.95. The minimum absolute atomic E-state index is 0.0894. The summed E-state index contributed by atoms with van der Waals surface area (Å²) < 4.78 is 0. The number of anilines is 2. The molecule has 0 saturated carbocycles.